The number of amides is 1. The number of carbonyl (C=O) groups is 2. The summed E-state index contributed by atoms with van der Waals surface area (Å²) in [7, 11) is 0. The number of aromatic nitrogens is 2. The summed E-state index contributed by atoms with van der Waals surface area (Å²) in [6, 6.07) is 16.5. The Morgan fingerprint density at radius 1 is 1.11 bits per heavy atom. The summed E-state index contributed by atoms with van der Waals surface area (Å²) in [6.45, 7) is 4.25. The molecule has 1 aromatic heterocycles. The Morgan fingerprint density at radius 2 is 1.89 bits per heavy atom. The Hall–Kier alpha value is -2.71. The highest BCUT2D eigenvalue weighted by Crippen LogP contribution is 2.38. The number of nitrogens with one attached hydrogen (secondary N) is 2. The lowest BCUT2D eigenvalue weighted by atomic mass is 10.1. The first-order valence-corrected chi connectivity index (χ1v) is 10.5. The minimum Gasteiger partial charge on any atom is -0.360 e. The minimum absolute atomic E-state index is 0.0464. The third-order valence-electron chi connectivity index (χ3n) is 3.83. The number of carbonyl (C=O) groups excluding carboxylic acids is 2. The van der Waals surface area contributed by atoms with Crippen LogP contribution < -0.4 is 10.6 Å². The molecule has 0 fully saturated rings. The van der Waals surface area contributed by atoms with E-state index in [9.17, 15) is 9.59 Å². The maximum absolute atomic E-state index is 13.1. The van der Waals surface area contributed by atoms with Crippen LogP contribution >= 0.6 is 23.1 Å². The Labute approximate surface area is 171 Å². The minimum atomic E-state index is -0.496. The lowest BCUT2D eigenvalue weighted by Crippen LogP contribution is -2.19. The lowest BCUT2D eigenvalue weighted by molar-refractivity contribution is -0.115. The maximum Gasteiger partial charge on any atom is 0.242 e. The SMILES string of the molecule is CCNc1nnc(S[C@H](C(=O)Nc2cccc(C(C)=O)c2)c2ccccc2)s1. The van der Waals surface area contributed by atoms with E-state index in [0.29, 0.717) is 15.6 Å². The number of Topliss-reactive ketones (excluding diaryl/α,β-unsaturated/α-hetero) is 1. The average molecular weight is 413 g/mol. The molecule has 0 aliphatic heterocycles. The highest BCUT2D eigenvalue weighted by Gasteiger charge is 2.24. The number of hydrogen-bond donors (Lipinski definition) is 2. The van der Waals surface area contributed by atoms with Crippen LogP contribution in [0.15, 0.2) is 58.9 Å². The first-order chi connectivity index (χ1) is 13.6. The summed E-state index contributed by atoms with van der Waals surface area (Å²) in [5, 5.41) is 14.5. The fourth-order valence-electron chi connectivity index (χ4n) is 2.51. The van der Waals surface area contributed by atoms with Crippen molar-refractivity contribution in [3.05, 3.63) is 65.7 Å². The van der Waals surface area contributed by atoms with Gasteiger partial charge in [-0.1, -0.05) is 65.6 Å². The smallest absolute Gasteiger partial charge is 0.242 e. The molecule has 2 N–H and O–H groups in total. The summed E-state index contributed by atoms with van der Waals surface area (Å²) < 4.78 is 0.706. The largest absolute Gasteiger partial charge is 0.360 e. The second-order valence-corrected chi connectivity index (χ2v) is 8.27. The molecule has 1 heterocycles. The van der Waals surface area contributed by atoms with Crippen LogP contribution in [-0.4, -0.2) is 28.4 Å². The van der Waals surface area contributed by atoms with E-state index in [1.54, 1.807) is 24.3 Å². The molecular formula is C20H20N4O2S2. The summed E-state index contributed by atoms with van der Waals surface area (Å²) in [5.74, 6) is -0.230. The summed E-state index contributed by atoms with van der Waals surface area (Å²) in [4.78, 5) is 24.7. The zero-order chi connectivity index (χ0) is 19.9. The van der Waals surface area contributed by atoms with Crippen molar-refractivity contribution in [1.82, 2.24) is 10.2 Å². The van der Waals surface area contributed by atoms with Crippen molar-refractivity contribution in [3.63, 3.8) is 0 Å². The zero-order valence-corrected chi connectivity index (χ0v) is 17.1. The second-order valence-electron chi connectivity index (χ2n) is 5.94. The van der Waals surface area contributed by atoms with Gasteiger partial charge < -0.3 is 10.6 Å². The Balaban J connectivity index is 1.82. The molecule has 0 saturated heterocycles. The molecule has 0 spiro atoms. The third-order valence-corrected chi connectivity index (χ3v) is 6.05. The molecule has 0 unspecified atom stereocenters. The summed E-state index contributed by atoms with van der Waals surface area (Å²) in [6.07, 6.45) is 0. The van der Waals surface area contributed by atoms with Crippen molar-refractivity contribution in [3.8, 4) is 0 Å². The topological polar surface area (TPSA) is 84.0 Å². The van der Waals surface area contributed by atoms with Gasteiger partial charge in [0.05, 0.1) is 0 Å². The van der Waals surface area contributed by atoms with E-state index in [0.717, 1.165) is 17.2 Å². The molecule has 0 bridgehead atoms. The van der Waals surface area contributed by atoms with Gasteiger partial charge in [0.25, 0.3) is 0 Å². The van der Waals surface area contributed by atoms with Crippen LogP contribution in [-0.2, 0) is 4.79 Å². The van der Waals surface area contributed by atoms with Crippen molar-refractivity contribution >= 4 is 45.6 Å². The van der Waals surface area contributed by atoms with E-state index in [1.165, 1.54) is 30.0 Å². The molecule has 0 radical (unpaired) electrons. The van der Waals surface area contributed by atoms with Gasteiger partial charge >= 0.3 is 0 Å². The number of rotatable bonds is 8. The zero-order valence-electron chi connectivity index (χ0n) is 15.5. The van der Waals surface area contributed by atoms with Crippen molar-refractivity contribution < 1.29 is 9.59 Å². The fraction of sp³-hybridized carbons (Fsp3) is 0.200. The van der Waals surface area contributed by atoms with E-state index in [4.69, 9.17) is 0 Å². The van der Waals surface area contributed by atoms with Crippen LogP contribution in [0.25, 0.3) is 0 Å². The van der Waals surface area contributed by atoms with E-state index >= 15 is 0 Å². The Bertz CT molecular complexity index is 960. The number of anilines is 2. The van der Waals surface area contributed by atoms with Gasteiger partial charge in [0, 0.05) is 17.8 Å². The third kappa shape index (κ3) is 5.17. The monoisotopic (exact) mass is 412 g/mol. The van der Waals surface area contributed by atoms with Crippen LogP contribution in [0.1, 0.15) is 35.0 Å². The summed E-state index contributed by atoms with van der Waals surface area (Å²) in [5.41, 5.74) is 2.01. The second kappa shape index (κ2) is 9.48. The van der Waals surface area contributed by atoms with Crippen LogP contribution in [0.3, 0.4) is 0 Å². The number of benzene rings is 2. The quantitative estimate of drug-likeness (QED) is 0.414. The molecule has 2 aromatic carbocycles. The average Bonchev–Trinajstić information content (AvgIpc) is 3.14. The normalized spacial score (nSPS) is 11.6. The molecule has 144 valence electrons. The fourth-order valence-corrected chi connectivity index (χ4v) is 4.52. The molecule has 28 heavy (non-hydrogen) atoms. The number of ketones is 1. The first kappa shape index (κ1) is 20.0. The van der Waals surface area contributed by atoms with Crippen molar-refractivity contribution in [2.45, 2.75) is 23.4 Å². The predicted octanol–water partition coefficient (Wildman–Crippen LogP) is 4.64. The van der Waals surface area contributed by atoms with Crippen molar-refractivity contribution in [2.75, 3.05) is 17.2 Å². The summed E-state index contributed by atoms with van der Waals surface area (Å²) >= 11 is 2.77. The van der Waals surface area contributed by atoms with Gasteiger partial charge in [0.15, 0.2) is 10.1 Å². The highest BCUT2D eigenvalue weighted by molar-refractivity contribution is 8.02. The first-order valence-electron chi connectivity index (χ1n) is 8.77. The molecule has 0 aliphatic carbocycles. The van der Waals surface area contributed by atoms with Crippen molar-refractivity contribution in [1.29, 1.82) is 0 Å². The molecule has 3 aromatic rings. The van der Waals surface area contributed by atoms with Crippen LogP contribution in [0.5, 0.6) is 0 Å². The van der Waals surface area contributed by atoms with Gasteiger partial charge in [0.2, 0.25) is 11.0 Å². The molecule has 1 atom stereocenters. The maximum atomic E-state index is 13.1. The predicted molar refractivity (Wildman–Crippen MR) is 114 cm³/mol. The molecule has 6 nitrogen and oxygen atoms in total. The van der Waals surface area contributed by atoms with Crippen LogP contribution in [0, 0.1) is 0 Å². The van der Waals surface area contributed by atoms with Crippen LogP contribution in [0.4, 0.5) is 10.8 Å². The van der Waals surface area contributed by atoms with Gasteiger partial charge in [-0.25, -0.2) is 0 Å². The lowest BCUT2D eigenvalue weighted by Gasteiger charge is -2.16. The molecule has 8 heteroatoms. The molecule has 0 aliphatic rings. The molecule has 0 saturated carbocycles. The Morgan fingerprint density at radius 3 is 2.61 bits per heavy atom. The standard InChI is InChI=1S/C20H20N4O2S2/c1-3-21-19-23-24-20(28-19)27-17(14-8-5-4-6-9-14)18(26)22-16-11-7-10-15(12-16)13(2)25/h4-12,17H,3H2,1-2H3,(H,21,23)(H,22,26)/t17-/m0/s1. The van der Waals surface area contributed by atoms with E-state index in [-0.39, 0.29) is 11.7 Å². The van der Waals surface area contributed by atoms with Gasteiger partial charge in [0.1, 0.15) is 5.25 Å². The van der Waals surface area contributed by atoms with Gasteiger partial charge in [-0.3, -0.25) is 9.59 Å². The van der Waals surface area contributed by atoms with E-state index < -0.39 is 5.25 Å². The van der Waals surface area contributed by atoms with Gasteiger partial charge in [-0.15, -0.1) is 10.2 Å². The number of nitrogens with zero attached hydrogens (tertiary/aromatic N) is 2. The number of hydrogen-bond acceptors (Lipinski definition) is 7. The molecular weight excluding hydrogens is 392 g/mol. The van der Waals surface area contributed by atoms with E-state index in [1.807, 2.05) is 37.3 Å². The van der Waals surface area contributed by atoms with Crippen molar-refractivity contribution in [2.24, 2.45) is 0 Å². The molecule has 1 amide bonds. The Kier molecular flexibility index (Phi) is 6.78. The highest BCUT2D eigenvalue weighted by atomic mass is 32.2. The van der Waals surface area contributed by atoms with Gasteiger partial charge in [-0.2, -0.15) is 0 Å². The number of thioether (sulfide) groups is 1. The van der Waals surface area contributed by atoms with Gasteiger partial charge in [-0.05, 0) is 31.5 Å². The molecule has 3 rings (SSSR count). The van der Waals surface area contributed by atoms with E-state index in [2.05, 4.69) is 20.8 Å². The van der Waals surface area contributed by atoms with Crippen LogP contribution in [0.2, 0.25) is 0 Å².